The van der Waals surface area contributed by atoms with Crippen molar-refractivity contribution < 1.29 is 14.0 Å². The highest BCUT2D eigenvalue weighted by atomic mass is 19.1. The number of carbonyl (C=O) groups excluding carboxylic acids is 2. The van der Waals surface area contributed by atoms with E-state index in [4.69, 9.17) is 5.73 Å². The molecule has 2 amide bonds. The summed E-state index contributed by atoms with van der Waals surface area (Å²) in [5.41, 5.74) is 7.64. The van der Waals surface area contributed by atoms with Crippen molar-refractivity contribution in [3.05, 3.63) is 58.7 Å². The molecule has 0 spiro atoms. The predicted octanol–water partition coefficient (Wildman–Crippen LogP) is 2.01. The summed E-state index contributed by atoms with van der Waals surface area (Å²) in [4.78, 5) is 28.1. The van der Waals surface area contributed by atoms with Crippen LogP contribution in [0.1, 0.15) is 44.9 Å². The molecule has 6 heteroatoms. The first-order valence-corrected chi connectivity index (χ1v) is 7.05. The topological polar surface area (TPSA) is 79.2 Å². The molecule has 2 aromatic rings. The van der Waals surface area contributed by atoms with Crippen molar-refractivity contribution in [2.45, 2.75) is 19.4 Å². The molecule has 5 nitrogen and oxygen atoms in total. The van der Waals surface area contributed by atoms with E-state index in [-0.39, 0.29) is 23.3 Å². The number of rotatable bonds is 2. The van der Waals surface area contributed by atoms with Crippen LogP contribution in [0.25, 0.3) is 0 Å². The smallest absolute Gasteiger partial charge is 0.270 e. The highest BCUT2D eigenvalue weighted by Gasteiger charge is 2.29. The molecule has 0 fully saturated rings. The van der Waals surface area contributed by atoms with Gasteiger partial charge in [0.15, 0.2) is 0 Å². The second kappa shape index (κ2) is 5.29. The molecule has 1 atom stereocenters. The van der Waals surface area contributed by atoms with Crippen LogP contribution in [-0.4, -0.2) is 28.2 Å². The van der Waals surface area contributed by atoms with Crippen LogP contribution in [0.15, 0.2) is 30.5 Å². The second-order valence-electron chi connectivity index (χ2n) is 5.43. The molecule has 0 saturated carbocycles. The van der Waals surface area contributed by atoms with Gasteiger partial charge in [-0.15, -0.1) is 0 Å². The fourth-order valence-corrected chi connectivity index (χ4v) is 2.88. The van der Waals surface area contributed by atoms with Crippen molar-refractivity contribution in [2.24, 2.45) is 5.73 Å². The first kappa shape index (κ1) is 14.3. The number of carbonyl (C=O) groups is 2. The minimum atomic E-state index is -0.589. The zero-order valence-electron chi connectivity index (χ0n) is 12.1. The summed E-state index contributed by atoms with van der Waals surface area (Å²) in [6, 6.07) is 5.89. The maximum absolute atomic E-state index is 13.5. The highest BCUT2D eigenvalue weighted by molar-refractivity contribution is 5.98. The number of primary amides is 1. The maximum atomic E-state index is 13.5. The van der Waals surface area contributed by atoms with Crippen LogP contribution in [0.3, 0.4) is 0 Å². The van der Waals surface area contributed by atoms with Gasteiger partial charge in [0, 0.05) is 12.7 Å². The summed E-state index contributed by atoms with van der Waals surface area (Å²) in [7, 11) is 0. The fraction of sp³-hybridized carbons (Fsp3) is 0.250. The molecule has 2 heterocycles. The van der Waals surface area contributed by atoms with Crippen LogP contribution < -0.4 is 5.73 Å². The largest absolute Gasteiger partial charge is 0.366 e. The van der Waals surface area contributed by atoms with E-state index in [1.54, 1.807) is 11.0 Å². The zero-order chi connectivity index (χ0) is 15.9. The van der Waals surface area contributed by atoms with Crippen LogP contribution in [0.2, 0.25) is 0 Å². The van der Waals surface area contributed by atoms with Gasteiger partial charge in [-0.05, 0) is 42.7 Å². The predicted molar refractivity (Wildman–Crippen MR) is 78.9 cm³/mol. The van der Waals surface area contributed by atoms with Gasteiger partial charge in [0.05, 0.1) is 11.6 Å². The van der Waals surface area contributed by atoms with Gasteiger partial charge < -0.3 is 15.6 Å². The molecule has 1 aliphatic heterocycles. The number of benzene rings is 1. The van der Waals surface area contributed by atoms with Crippen LogP contribution >= 0.6 is 0 Å². The Labute approximate surface area is 126 Å². The van der Waals surface area contributed by atoms with Gasteiger partial charge >= 0.3 is 0 Å². The molecule has 0 bridgehead atoms. The van der Waals surface area contributed by atoms with Crippen molar-refractivity contribution in [3.63, 3.8) is 0 Å². The summed E-state index contributed by atoms with van der Waals surface area (Å²) in [6.07, 6.45) is 2.09. The number of nitrogens with one attached hydrogen (secondary N) is 1. The third-order valence-electron chi connectivity index (χ3n) is 4.11. The van der Waals surface area contributed by atoms with E-state index in [9.17, 15) is 14.0 Å². The second-order valence-corrected chi connectivity index (χ2v) is 5.43. The lowest BCUT2D eigenvalue weighted by atomic mass is 9.93. The first-order valence-electron chi connectivity index (χ1n) is 7.05. The van der Waals surface area contributed by atoms with E-state index in [0.29, 0.717) is 18.7 Å². The standard InChI is InChI=1S/C16H16FN3O2/c1-9-13-7-12(17)3-2-10(13)4-5-20(9)16(22)14-6-11(8-19-14)15(18)21/h2-3,6-9,19H,4-5H2,1H3,(H2,18,21). The Kier molecular flexibility index (Phi) is 3.44. The van der Waals surface area contributed by atoms with Gasteiger partial charge in [-0.25, -0.2) is 4.39 Å². The van der Waals surface area contributed by atoms with E-state index in [1.807, 2.05) is 6.92 Å². The number of aromatic amines is 1. The summed E-state index contributed by atoms with van der Waals surface area (Å²) >= 11 is 0. The zero-order valence-corrected chi connectivity index (χ0v) is 12.1. The van der Waals surface area contributed by atoms with Gasteiger partial charge in [0.2, 0.25) is 5.91 Å². The molecule has 3 N–H and O–H groups in total. The number of amides is 2. The lowest BCUT2D eigenvalue weighted by molar-refractivity contribution is 0.0672. The SMILES string of the molecule is CC1c2cc(F)ccc2CCN1C(=O)c1cc(C(N)=O)c[nH]1. The Morgan fingerprint density at radius 2 is 2.14 bits per heavy atom. The first-order chi connectivity index (χ1) is 10.5. The van der Waals surface area contributed by atoms with Gasteiger partial charge in [-0.1, -0.05) is 6.07 Å². The quantitative estimate of drug-likeness (QED) is 0.890. The third-order valence-corrected chi connectivity index (χ3v) is 4.11. The van der Waals surface area contributed by atoms with Gasteiger partial charge in [0.25, 0.3) is 5.91 Å². The number of halogens is 1. The Morgan fingerprint density at radius 1 is 1.36 bits per heavy atom. The Morgan fingerprint density at radius 3 is 2.82 bits per heavy atom. The Hall–Kier alpha value is -2.63. The summed E-state index contributed by atoms with van der Waals surface area (Å²) < 4.78 is 13.5. The minimum absolute atomic E-state index is 0.227. The average Bonchev–Trinajstić information content (AvgIpc) is 2.98. The van der Waals surface area contributed by atoms with Crippen LogP contribution in [0.5, 0.6) is 0 Å². The monoisotopic (exact) mass is 301 g/mol. The van der Waals surface area contributed by atoms with E-state index in [1.165, 1.54) is 24.4 Å². The molecule has 1 aromatic carbocycles. The molecule has 0 saturated heterocycles. The molecule has 0 radical (unpaired) electrons. The van der Waals surface area contributed by atoms with Crippen molar-refractivity contribution in [1.29, 1.82) is 0 Å². The summed E-state index contributed by atoms with van der Waals surface area (Å²) in [5, 5.41) is 0. The molecule has 1 unspecified atom stereocenters. The molecule has 0 aliphatic carbocycles. The number of hydrogen-bond donors (Lipinski definition) is 2. The number of nitrogens with zero attached hydrogens (tertiary/aromatic N) is 1. The third kappa shape index (κ3) is 2.36. The number of H-pyrrole nitrogens is 1. The summed E-state index contributed by atoms with van der Waals surface area (Å²) in [6.45, 7) is 2.41. The lowest BCUT2D eigenvalue weighted by Gasteiger charge is -2.35. The summed E-state index contributed by atoms with van der Waals surface area (Å²) in [5.74, 6) is -1.12. The number of nitrogens with two attached hydrogens (primary N) is 1. The molecule has 22 heavy (non-hydrogen) atoms. The van der Waals surface area contributed by atoms with Crippen molar-refractivity contribution >= 4 is 11.8 Å². The highest BCUT2D eigenvalue weighted by Crippen LogP contribution is 2.31. The van der Waals surface area contributed by atoms with E-state index in [0.717, 1.165) is 11.1 Å². The number of fused-ring (bicyclic) bond motifs is 1. The Balaban J connectivity index is 1.89. The maximum Gasteiger partial charge on any atom is 0.270 e. The van der Waals surface area contributed by atoms with Crippen molar-refractivity contribution in [2.75, 3.05) is 6.54 Å². The van der Waals surface area contributed by atoms with Gasteiger partial charge in [-0.2, -0.15) is 0 Å². The fourth-order valence-electron chi connectivity index (χ4n) is 2.88. The molecule has 114 valence electrons. The average molecular weight is 301 g/mol. The van der Waals surface area contributed by atoms with Crippen LogP contribution in [-0.2, 0) is 6.42 Å². The normalized spacial score (nSPS) is 17.2. The lowest BCUT2D eigenvalue weighted by Crippen LogP contribution is -2.39. The molecule has 1 aliphatic rings. The molecular weight excluding hydrogens is 285 g/mol. The molecule has 3 rings (SSSR count). The Bertz CT molecular complexity index is 754. The number of aromatic nitrogens is 1. The molecular formula is C16H16FN3O2. The van der Waals surface area contributed by atoms with Gasteiger partial charge in [-0.3, -0.25) is 9.59 Å². The molecule has 1 aromatic heterocycles. The van der Waals surface area contributed by atoms with E-state index >= 15 is 0 Å². The van der Waals surface area contributed by atoms with Crippen LogP contribution in [0.4, 0.5) is 4.39 Å². The van der Waals surface area contributed by atoms with Crippen molar-refractivity contribution in [1.82, 2.24) is 9.88 Å². The van der Waals surface area contributed by atoms with E-state index < -0.39 is 5.91 Å². The van der Waals surface area contributed by atoms with Gasteiger partial charge in [0.1, 0.15) is 11.5 Å². The van der Waals surface area contributed by atoms with Crippen molar-refractivity contribution in [3.8, 4) is 0 Å². The minimum Gasteiger partial charge on any atom is -0.366 e. The number of hydrogen-bond acceptors (Lipinski definition) is 2. The van der Waals surface area contributed by atoms with E-state index in [2.05, 4.69) is 4.98 Å². The van der Waals surface area contributed by atoms with Crippen LogP contribution in [0, 0.1) is 5.82 Å².